The molecule has 286 valence electrons. The monoisotopic (exact) mass is 748 g/mol. The predicted molar refractivity (Wildman–Crippen MR) is 204 cm³/mol. The molecule has 6 unspecified atom stereocenters. The average molecular weight is 749 g/mol. The van der Waals surface area contributed by atoms with Crippen LogP contribution in [-0.4, -0.2) is 72.8 Å². The van der Waals surface area contributed by atoms with Gasteiger partial charge < -0.3 is 25.2 Å². The summed E-state index contributed by atoms with van der Waals surface area (Å²) in [7, 11) is 0. The van der Waals surface area contributed by atoms with Crippen LogP contribution in [0.25, 0.3) is 22.6 Å². The van der Waals surface area contributed by atoms with Crippen molar-refractivity contribution in [1.29, 1.82) is 0 Å². The Bertz CT molecular complexity index is 2110. The Hall–Kier alpha value is -5.20. The standard InChI is InChI=1S/C42H46F2N8O3/c1-22-10-29-18-30(11-22)51(29)41(53)47-27-6-4-24(3)34(16-27)39-45-9-8-37(49-39)35-15-26(35)14-25-5-7-28(48-42(54)52-31-12-23(2)13-32(52)19-31)17-36(25)38-20-33(21-46-50-38)55-40(43)44/h4-9,16-17,20-23,26,29-32,35,40H,10-15,18-19H2,1-3H3,(H,47,53)(H,48,54)/t22?,23?,26?,29-,30?,31?,32?,35?/m1/s1. The van der Waals surface area contributed by atoms with Crippen molar-refractivity contribution >= 4 is 23.4 Å². The molecule has 13 heteroatoms. The average Bonchev–Trinajstić information content (AvgIpc) is 3.91. The maximum absolute atomic E-state index is 13.4. The van der Waals surface area contributed by atoms with Crippen molar-refractivity contribution in [2.75, 3.05) is 10.6 Å². The molecule has 0 radical (unpaired) electrons. The second kappa shape index (κ2) is 14.1. The smallest absolute Gasteiger partial charge is 0.387 e. The first-order valence-corrected chi connectivity index (χ1v) is 19.6. The maximum Gasteiger partial charge on any atom is 0.387 e. The van der Waals surface area contributed by atoms with Crippen molar-refractivity contribution in [3.8, 4) is 28.4 Å². The summed E-state index contributed by atoms with van der Waals surface area (Å²) in [4.78, 5) is 40.2. The van der Waals surface area contributed by atoms with E-state index in [4.69, 9.17) is 4.98 Å². The number of nitrogens with zero attached hydrogens (tertiary/aromatic N) is 6. The van der Waals surface area contributed by atoms with Crippen molar-refractivity contribution in [3.05, 3.63) is 77.7 Å². The molecule has 5 fully saturated rings. The Kier molecular flexibility index (Phi) is 9.13. The first-order valence-electron chi connectivity index (χ1n) is 19.6. The molecule has 1 saturated carbocycles. The van der Waals surface area contributed by atoms with Crippen LogP contribution in [0.15, 0.2) is 60.9 Å². The summed E-state index contributed by atoms with van der Waals surface area (Å²) in [5.41, 5.74) is 6.19. The Labute approximate surface area is 319 Å². The van der Waals surface area contributed by atoms with Gasteiger partial charge in [-0.25, -0.2) is 19.6 Å². The zero-order chi connectivity index (χ0) is 38.0. The number of piperidine rings is 2. The van der Waals surface area contributed by atoms with Gasteiger partial charge in [0.1, 0.15) is 5.75 Å². The van der Waals surface area contributed by atoms with Crippen LogP contribution < -0.4 is 15.4 Å². The number of amides is 4. The summed E-state index contributed by atoms with van der Waals surface area (Å²) >= 11 is 0. The van der Waals surface area contributed by atoms with Gasteiger partial charge >= 0.3 is 18.7 Å². The van der Waals surface area contributed by atoms with Crippen molar-refractivity contribution < 1.29 is 23.1 Å². The fraction of sp³-hybridized carbons (Fsp3) is 0.476. The molecule has 2 N–H and O–H groups in total. The van der Waals surface area contributed by atoms with E-state index in [0.717, 1.165) is 79.2 Å². The Morgan fingerprint density at radius 1 is 0.818 bits per heavy atom. The van der Waals surface area contributed by atoms with Gasteiger partial charge in [0.05, 0.1) is 11.9 Å². The van der Waals surface area contributed by atoms with Gasteiger partial charge in [0.15, 0.2) is 5.82 Å². The van der Waals surface area contributed by atoms with Crippen LogP contribution in [0.4, 0.5) is 29.7 Å². The number of aromatic nitrogens is 4. The van der Waals surface area contributed by atoms with Crippen LogP contribution in [0.1, 0.15) is 81.5 Å². The molecule has 4 saturated heterocycles. The number of rotatable bonds is 9. The van der Waals surface area contributed by atoms with Crippen LogP contribution in [0, 0.1) is 24.7 Å². The predicted octanol–water partition coefficient (Wildman–Crippen LogP) is 8.67. The van der Waals surface area contributed by atoms with Crippen molar-refractivity contribution in [3.63, 3.8) is 0 Å². The highest BCUT2D eigenvalue weighted by atomic mass is 19.3. The summed E-state index contributed by atoms with van der Waals surface area (Å²) in [6.45, 7) is 3.53. The van der Waals surface area contributed by atoms with E-state index in [-0.39, 0.29) is 41.7 Å². The van der Waals surface area contributed by atoms with Gasteiger partial charge in [0.2, 0.25) is 0 Å². The number of urea groups is 2. The topological polar surface area (TPSA) is 125 Å². The molecule has 2 aromatic heterocycles. The minimum atomic E-state index is -3.00. The molecule has 4 amide bonds. The Morgan fingerprint density at radius 3 is 2.07 bits per heavy atom. The van der Waals surface area contributed by atoms with Gasteiger partial charge in [-0.15, -0.1) is 0 Å². The number of aryl methyl sites for hydroxylation is 1. The molecule has 0 spiro atoms. The van der Waals surface area contributed by atoms with E-state index in [1.54, 1.807) is 6.20 Å². The van der Waals surface area contributed by atoms with Crippen molar-refractivity contribution in [1.82, 2.24) is 30.0 Å². The van der Waals surface area contributed by atoms with E-state index < -0.39 is 6.61 Å². The van der Waals surface area contributed by atoms with Gasteiger partial charge in [-0.2, -0.15) is 19.0 Å². The summed E-state index contributed by atoms with van der Waals surface area (Å²) in [5.74, 6) is 2.27. The van der Waals surface area contributed by atoms with Crippen molar-refractivity contribution in [2.45, 2.75) is 109 Å². The first-order chi connectivity index (χ1) is 26.6. The zero-order valence-corrected chi connectivity index (χ0v) is 31.3. The van der Waals surface area contributed by atoms with E-state index in [1.807, 2.05) is 59.2 Å². The van der Waals surface area contributed by atoms with Gasteiger partial charge in [0.25, 0.3) is 0 Å². The maximum atomic E-state index is 13.4. The Balaban J connectivity index is 0.919. The number of ether oxygens (including phenoxy) is 1. The highest BCUT2D eigenvalue weighted by Gasteiger charge is 2.48. The number of anilines is 2. The second-order valence-electron chi connectivity index (χ2n) is 16.6. The highest BCUT2D eigenvalue weighted by Crippen LogP contribution is 2.50. The third-order valence-corrected chi connectivity index (χ3v) is 12.5. The molecular formula is C42H46F2N8O3. The molecule has 6 heterocycles. The molecule has 2 aromatic carbocycles. The van der Waals surface area contributed by atoms with Gasteiger partial charge in [-0.1, -0.05) is 26.0 Å². The number of carbonyl (C=O) groups excluding carboxylic acids is 2. The SMILES string of the molecule is Cc1ccc(NC(=O)N2C3CC(C)C[C@@H]2C3)cc1-c1nccc(C2CC2Cc2ccc(NC(=O)N3C4CC(C)CC3C4)cc2-c2cc(OC(F)F)cnn2)n1. The van der Waals surface area contributed by atoms with Crippen LogP contribution in [0.5, 0.6) is 5.75 Å². The van der Waals surface area contributed by atoms with Crippen LogP contribution in [0.3, 0.4) is 0 Å². The van der Waals surface area contributed by atoms with E-state index in [0.29, 0.717) is 53.1 Å². The number of fused-ring (bicyclic) bond motifs is 4. The number of hydrogen-bond donors (Lipinski definition) is 2. The molecular weight excluding hydrogens is 703 g/mol. The normalized spacial score (nSPS) is 27.5. The zero-order valence-electron chi connectivity index (χ0n) is 31.3. The van der Waals surface area contributed by atoms with E-state index >= 15 is 0 Å². The summed E-state index contributed by atoms with van der Waals surface area (Å²) in [6.07, 6.45) is 10.9. The second-order valence-corrected chi connectivity index (χ2v) is 16.6. The van der Waals surface area contributed by atoms with Crippen LogP contribution >= 0.6 is 0 Å². The van der Waals surface area contributed by atoms with E-state index in [2.05, 4.69) is 44.4 Å². The molecule has 4 aliphatic heterocycles. The van der Waals surface area contributed by atoms with Gasteiger partial charge in [0, 0.05) is 70.5 Å². The third kappa shape index (κ3) is 7.09. The molecule has 11 nitrogen and oxygen atoms in total. The summed E-state index contributed by atoms with van der Waals surface area (Å²) in [5, 5.41) is 14.4. The number of benzene rings is 2. The lowest BCUT2D eigenvalue weighted by Crippen LogP contribution is -2.63. The minimum Gasteiger partial charge on any atom is -0.433 e. The first kappa shape index (κ1) is 35.5. The summed E-state index contributed by atoms with van der Waals surface area (Å²) < 4.78 is 30.9. The molecule has 7 atom stereocenters. The highest BCUT2D eigenvalue weighted by molar-refractivity contribution is 5.92. The third-order valence-electron chi connectivity index (χ3n) is 12.5. The molecule has 4 aromatic rings. The molecule has 9 rings (SSSR count). The summed E-state index contributed by atoms with van der Waals surface area (Å²) in [6, 6.07) is 16.1. The van der Waals surface area contributed by atoms with Crippen LogP contribution in [-0.2, 0) is 6.42 Å². The fourth-order valence-electron chi connectivity index (χ4n) is 9.82. The fourth-order valence-corrected chi connectivity index (χ4v) is 9.82. The quantitative estimate of drug-likeness (QED) is 0.176. The lowest BCUT2D eigenvalue weighted by molar-refractivity contribution is -0.0501. The largest absolute Gasteiger partial charge is 0.433 e. The number of carbonyl (C=O) groups is 2. The molecule has 55 heavy (non-hydrogen) atoms. The minimum absolute atomic E-state index is 0.0411. The lowest BCUT2D eigenvalue weighted by Gasteiger charge is -2.54. The van der Waals surface area contributed by atoms with Crippen LogP contribution in [0.2, 0.25) is 0 Å². The van der Waals surface area contributed by atoms with E-state index in [1.165, 1.54) is 6.07 Å². The lowest BCUT2D eigenvalue weighted by atomic mass is 9.74. The molecule has 5 aliphatic rings. The van der Waals surface area contributed by atoms with E-state index in [9.17, 15) is 18.4 Å². The number of nitrogens with one attached hydrogen (secondary N) is 2. The molecule has 4 bridgehead atoms. The van der Waals surface area contributed by atoms with Gasteiger partial charge in [-0.3, -0.25) is 0 Å². The van der Waals surface area contributed by atoms with Crippen molar-refractivity contribution in [2.24, 2.45) is 17.8 Å². The Morgan fingerprint density at radius 2 is 1.44 bits per heavy atom. The number of alkyl halides is 2. The molecule has 1 aliphatic carbocycles. The number of halogens is 2. The van der Waals surface area contributed by atoms with Gasteiger partial charge in [-0.05, 0) is 118 Å². The number of hydrogen-bond acceptors (Lipinski definition) is 7.